The molecular weight excluding hydrogens is 310 g/mol. The molecule has 0 amide bonds. The topological polar surface area (TPSA) is 21.3 Å². The highest BCUT2D eigenvalue weighted by atomic mass is 79.9. The zero-order valence-corrected chi connectivity index (χ0v) is 12.8. The minimum atomic E-state index is 0.683. The molecule has 1 aromatic carbocycles. The Labute approximate surface area is 121 Å². The predicted molar refractivity (Wildman–Crippen MR) is 80.5 cm³/mol. The van der Waals surface area contributed by atoms with Crippen molar-refractivity contribution in [3.8, 4) is 5.75 Å². The number of benzene rings is 1. The van der Waals surface area contributed by atoms with Crippen LogP contribution in [0.3, 0.4) is 0 Å². The summed E-state index contributed by atoms with van der Waals surface area (Å²) < 4.78 is 6.93. The summed E-state index contributed by atoms with van der Waals surface area (Å²) >= 11 is 5.67. The van der Waals surface area contributed by atoms with Crippen LogP contribution in [0, 0.1) is 0 Å². The summed E-state index contributed by atoms with van der Waals surface area (Å²) in [7, 11) is 0. The molecule has 2 nitrogen and oxygen atoms in total. The first kappa shape index (κ1) is 12.8. The largest absolute Gasteiger partial charge is 0.493 e. The molecule has 0 aromatic heterocycles. The molecule has 0 unspecified atom stereocenters. The Morgan fingerprint density at radius 2 is 2.17 bits per heavy atom. The second-order valence-corrected chi connectivity index (χ2v) is 7.06. The molecule has 0 saturated carbocycles. The summed E-state index contributed by atoms with van der Waals surface area (Å²) in [5.41, 5.74) is 2.65. The standard InChI is InChI=1S/C14H18BrNOS/c15-12-7-10-1-4-17-14(10)11(8-12)9-16-13-2-5-18-6-3-13/h7-8,13,16H,1-6,9H2. The first-order valence-electron chi connectivity index (χ1n) is 6.58. The van der Waals surface area contributed by atoms with Gasteiger partial charge in [0.15, 0.2) is 0 Å². The van der Waals surface area contributed by atoms with Crippen molar-refractivity contribution in [2.45, 2.75) is 31.8 Å². The Morgan fingerprint density at radius 3 is 3.00 bits per heavy atom. The minimum Gasteiger partial charge on any atom is -0.493 e. The Balaban J connectivity index is 1.68. The van der Waals surface area contributed by atoms with Gasteiger partial charge in [-0.25, -0.2) is 0 Å². The van der Waals surface area contributed by atoms with Crippen LogP contribution in [0.5, 0.6) is 5.75 Å². The molecule has 18 heavy (non-hydrogen) atoms. The molecule has 3 rings (SSSR count). The van der Waals surface area contributed by atoms with E-state index < -0.39 is 0 Å². The molecule has 98 valence electrons. The van der Waals surface area contributed by atoms with Crippen LogP contribution in [0.2, 0.25) is 0 Å². The second-order valence-electron chi connectivity index (χ2n) is 4.92. The number of thioether (sulfide) groups is 1. The van der Waals surface area contributed by atoms with Gasteiger partial charge in [-0.3, -0.25) is 0 Å². The van der Waals surface area contributed by atoms with Crippen molar-refractivity contribution < 1.29 is 4.74 Å². The third kappa shape index (κ3) is 2.86. The molecular formula is C14H18BrNOS. The lowest BCUT2D eigenvalue weighted by Gasteiger charge is -2.23. The van der Waals surface area contributed by atoms with E-state index in [4.69, 9.17) is 4.74 Å². The van der Waals surface area contributed by atoms with E-state index in [2.05, 4.69) is 45.1 Å². The van der Waals surface area contributed by atoms with Crippen molar-refractivity contribution in [2.75, 3.05) is 18.1 Å². The normalized spacial score (nSPS) is 19.6. The fourth-order valence-corrected chi connectivity index (χ4v) is 4.29. The van der Waals surface area contributed by atoms with E-state index in [1.165, 1.54) is 39.9 Å². The van der Waals surface area contributed by atoms with E-state index >= 15 is 0 Å². The van der Waals surface area contributed by atoms with E-state index in [1.54, 1.807) is 0 Å². The smallest absolute Gasteiger partial charge is 0.127 e. The molecule has 2 aliphatic rings. The lowest BCUT2D eigenvalue weighted by atomic mass is 10.1. The maximum absolute atomic E-state index is 5.76. The Bertz CT molecular complexity index is 432. The van der Waals surface area contributed by atoms with E-state index in [0.717, 1.165) is 25.3 Å². The van der Waals surface area contributed by atoms with Gasteiger partial charge in [0.1, 0.15) is 5.75 Å². The van der Waals surface area contributed by atoms with Crippen LogP contribution in [-0.2, 0) is 13.0 Å². The third-order valence-corrected chi connectivity index (χ3v) is 5.13. The lowest BCUT2D eigenvalue weighted by molar-refractivity contribution is 0.351. The Hall–Kier alpha value is -0.190. The average molecular weight is 328 g/mol. The zero-order valence-electron chi connectivity index (χ0n) is 10.4. The number of hydrogen-bond donors (Lipinski definition) is 1. The monoisotopic (exact) mass is 327 g/mol. The van der Waals surface area contributed by atoms with Crippen LogP contribution in [0.25, 0.3) is 0 Å². The van der Waals surface area contributed by atoms with Gasteiger partial charge < -0.3 is 10.1 Å². The summed E-state index contributed by atoms with van der Waals surface area (Å²) in [4.78, 5) is 0. The molecule has 0 atom stereocenters. The van der Waals surface area contributed by atoms with Gasteiger partial charge in [0.25, 0.3) is 0 Å². The van der Waals surface area contributed by atoms with E-state index in [1.807, 2.05) is 0 Å². The van der Waals surface area contributed by atoms with Gasteiger partial charge in [-0.05, 0) is 42.0 Å². The quantitative estimate of drug-likeness (QED) is 0.919. The highest BCUT2D eigenvalue weighted by Gasteiger charge is 2.19. The number of hydrogen-bond acceptors (Lipinski definition) is 3. The van der Waals surface area contributed by atoms with Gasteiger partial charge in [-0.1, -0.05) is 15.9 Å². The van der Waals surface area contributed by atoms with Crippen LogP contribution in [0.4, 0.5) is 0 Å². The Morgan fingerprint density at radius 1 is 1.33 bits per heavy atom. The van der Waals surface area contributed by atoms with Crippen LogP contribution >= 0.6 is 27.7 Å². The number of fused-ring (bicyclic) bond motifs is 1. The van der Waals surface area contributed by atoms with E-state index in [0.29, 0.717) is 6.04 Å². The summed E-state index contributed by atoms with van der Waals surface area (Å²) in [5.74, 6) is 3.71. The Kier molecular flexibility index (Phi) is 4.16. The maximum Gasteiger partial charge on any atom is 0.127 e. The molecule has 1 N–H and O–H groups in total. The SMILES string of the molecule is Brc1cc2c(c(CNC3CCSCC3)c1)OCC2. The van der Waals surface area contributed by atoms with Gasteiger partial charge in [0.05, 0.1) is 6.61 Å². The van der Waals surface area contributed by atoms with E-state index in [-0.39, 0.29) is 0 Å². The number of nitrogens with one attached hydrogen (secondary N) is 1. The van der Waals surface area contributed by atoms with Gasteiger partial charge in [0, 0.05) is 29.0 Å². The molecule has 0 radical (unpaired) electrons. The zero-order chi connectivity index (χ0) is 12.4. The van der Waals surface area contributed by atoms with Gasteiger partial charge in [-0.2, -0.15) is 11.8 Å². The summed E-state index contributed by atoms with van der Waals surface area (Å²) in [6.45, 7) is 1.76. The van der Waals surface area contributed by atoms with Crippen molar-refractivity contribution in [2.24, 2.45) is 0 Å². The highest BCUT2D eigenvalue weighted by molar-refractivity contribution is 9.10. The maximum atomic E-state index is 5.76. The second kappa shape index (κ2) is 5.85. The molecule has 2 aliphatic heterocycles. The van der Waals surface area contributed by atoms with Crippen LogP contribution in [-0.4, -0.2) is 24.2 Å². The number of ether oxygens (including phenoxy) is 1. The number of rotatable bonds is 3. The lowest BCUT2D eigenvalue weighted by Crippen LogP contribution is -2.32. The summed E-state index contributed by atoms with van der Waals surface area (Å²) in [6.07, 6.45) is 3.63. The molecule has 2 heterocycles. The first-order chi connectivity index (χ1) is 8.83. The van der Waals surface area contributed by atoms with Crippen molar-refractivity contribution in [3.63, 3.8) is 0 Å². The fraction of sp³-hybridized carbons (Fsp3) is 0.571. The van der Waals surface area contributed by atoms with Gasteiger partial charge in [-0.15, -0.1) is 0 Å². The molecule has 4 heteroatoms. The van der Waals surface area contributed by atoms with Crippen molar-refractivity contribution in [1.82, 2.24) is 5.32 Å². The van der Waals surface area contributed by atoms with Crippen LogP contribution in [0.15, 0.2) is 16.6 Å². The van der Waals surface area contributed by atoms with Crippen molar-refractivity contribution >= 4 is 27.7 Å². The summed E-state index contributed by atoms with van der Waals surface area (Å²) in [6, 6.07) is 5.06. The molecule has 0 aliphatic carbocycles. The van der Waals surface area contributed by atoms with Crippen LogP contribution < -0.4 is 10.1 Å². The number of halogens is 1. The summed E-state index contributed by atoms with van der Waals surface area (Å²) in [5, 5.41) is 3.68. The third-order valence-electron chi connectivity index (χ3n) is 3.63. The average Bonchev–Trinajstić information content (AvgIpc) is 2.85. The van der Waals surface area contributed by atoms with E-state index in [9.17, 15) is 0 Å². The predicted octanol–water partition coefficient (Wildman–Crippen LogP) is 3.37. The molecule has 1 aromatic rings. The van der Waals surface area contributed by atoms with Crippen molar-refractivity contribution in [3.05, 3.63) is 27.7 Å². The molecule has 1 saturated heterocycles. The first-order valence-corrected chi connectivity index (χ1v) is 8.53. The van der Waals surface area contributed by atoms with Crippen molar-refractivity contribution in [1.29, 1.82) is 0 Å². The van der Waals surface area contributed by atoms with Crippen LogP contribution in [0.1, 0.15) is 24.0 Å². The molecule has 0 spiro atoms. The minimum absolute atomic E-state index is 0.683. The van der Waals surface area contributed by atoms with Gasteiger partial charge in [0.2, 0.25) is 0 Å². The molecule has 0 bridgehead atoms. The molecule has 1 fully saturated rings. The fourth-order valence-electron chi connectivity index (χ4n) is 2.63. The highest BCUT2D eigenvalue weighted by Crippen LogP contribution is 2.33. The van der Waals surface area contributed by atoms with Gasteiger partial charge >= 0.3 is 0 Å².